The first-order valence-corrected chi connectivity index (χ1v) is 7.31. The van der Waals surface area contributed by atoms with Crippen LogP contribution in [0.5, 0.6) is 0 Å². The molecule has 3 aromatic rings. The Balaban J connectivity index is 2.21. The summed E-state index contributed by atoms with van der Waals surface area (Å²) in [6.07, 6.45) is 2.04. The molecular weight excluding hydrogens is 254 g/mol. The van der Waals surface area contributed by atoms with E-state index in [1.807, 2.05) is 37.4 Å². The lowest BCUT2D eigenvalue weighted by Crippen LogP contribution is -1.96. The van der Waals surface area contributed by atoms with Crippen LogP contribution < -0.4 is 0 Å². The van der Waals surface area contributed by atoms with Gasteiger partial charge in [-0.3, -0.25) is 4.40 Å². The average molecular weight is 269 g/mol. The highest BCUT2D eigenvalue weighted by Gasteiger charge is 2.09. The van der Waals surface area contributed by atoms with Crippen LogP contribution in [0, 0.1) is 6.92 Å². The number of nitrogens with zero attached hydrogens (tertiary/aromatic N) is 3. The number of aryl methyl sites for hydroxylation is 1. The van der Waals surface area contributed by atoms with E-state index in [4.69, 9.17) is 4.98 Å². The van der Waals surface area contributed by atoms with Crippen LogP contribution in [0.2, 0.25) is 0 Å². The average Bonchev–Trinajstić information content (AvgIpc) is 2.80. The molecule has 2 heterocycles. The summed E-state index contributed by atoms with van der Waals surface area (Å²) in [5, 5.41) is 0.999. The first kappa shape index (κ1) is 12.2. The Morgan fingerprint density at radius 3 is 2.68 bits per heavy atom. The zero-order valence-corrected chi connectivity index (χ0v) is 11.8. The van der Waals surface area contributed by atoms with Crippen molar-refractivity contribution in [3.05, 3.63) is 48.3 Å². The number of imidazole rings is 1. The number of rotatable bonds is 3. The Kier molecular flexibility index (Phi) is 3.25. The van der Waals surface area contributed by atoms with Crippen molar-refractivity contribution in [3.63, 3.8) is 0 Å². The van der Waals surface area contributed by atoms with Crippen molar-refractivity contribution in [2.75, 3.05) is 5.75 Å². The molecule has 3 rings (SSSR count). The standard InChI is InChI=1S/C15H15N3S/c1-3-19-15-17-13(12-7-5-4-6-8-12)9-14-16-11(2)10-18(14)15/h4-10H,3H2,1-2H3. The van der Waals surface area contributed by atoms with Crippen molar-refractivity contribution >= 4 is 17.4 Å². The molecule has 0 spiro atoms. The van der Waals surface area contributed by atoms with Gasteiger partial charge in [0.05, 0.1) is 11.4 Å². The Morgan fingerprint density at radius 1 is 1.16 bits per heavy atom. The van der Waals surface area contributed by atoms with Crippen molar-refractivity contribution in [1.29, 1.82) is 0 Å². The summed E-state index contributed by atoms with van der Waals surface area (Å²) in [7, 11) is 0. The second kappa shape index (κ2) is 5.05. The summed E-state index contributed by atoms with van der Waals surface area (Å²) >= 11 is 1.74. The predicted octanol–water partition coefficient (Wildman–Crippen LogP) is 3.82. The Bertz CT molecular complexity index is 704. The molecule has 0 atom stereocenters. The van der Waals surface area contributed by atoms with Crippen LogP contribution in [-0.2, 0) is 0 Å². The highest BCUT2D eigenvalue weighted by atomic mass is 32.2. The zero-order chi connectivity index (χ0) is 13.2. The molecule has 0 unspecified atom stereocenters. The van der Waals surface area contributed by atoms with Gasteiger partial charge >= 0.3 is 0 Å². The van der Waals surface area contributed by atoms with Crippen LogP contribution >= 0.6 is 11.8 Å². The van der Waals surface area contributed by atoms with Gasteiger partial charge in [-0.15, -0.1) is 0 Å². The molecule has 0 amide bonds. The molecule has 1 aromatic carbocycles. The third kappa shape index (κ3) is 2.36. The Hall–Kier alpha value is -1.81. The minimum Gasteiger partial charge on any atom is -0.278 e. The van der Waals surface area contributed by atoms with E-state index in [0.717, 1.165) is 33.5 Å². The summed E-state index contributed by atoms with van der Waals surface area (Å²) in [6, 6.07) is 12.3. The number of benzene rings is 1. The number of aromatic nitrogens is 3. The van der Waals surface area contributed by atoms with Crippen LogP contribution in [0.4, 0.5) is 0 Å². The lowest BCUT2D eigenvalue weighted by Gasteiger charge is -2.06. The van der Waals surface area contributed by atoms with Crippen molar-refractivity contribution in [3.8, 4) is 11.3 Å². The van der Waals surface area contributed by atoms with E-state index in [9.17, 15) is 0 Å². The van der Waals surface area contributed by atoms with E-state index in [1.165, 1.54) is 0 Å². The second-order valence-electron chi connectivity index (χ2n) is 4.33. The van der Waals surface area contributed by atoms with Gasteiger partial charge in [0.2, 0.25) is 0 Å². The number of hydrogen-bond acceptors (Lipinski definition) is 3. The van der Waals surface area contributed by atoms with Crippen molar-refractivity contribution in [1.82, 2.24) is 14.4 Å². The zero-order valence-electron chi connectivity index (χ0n) is 11.0. The van der Waals surface area contributed by atoms with E-state index in [-0.39, 0.29) is 0 Å². The molecule has 0 N–H and O–H groups in total. The van der Waals surface area contributed by atoms with E-state index in [0.29, 0.717) is 0 Å². The second-order valence-corrected chi connectivity index (χ2v) is 5.56. The van der Waals surface area contributed by atoms with Crippen molar-refractivity contribution < 1.29 is 0 Å². The summed E-state index contributed by atoms with van der Waals surface area (Å²) in [5.41, 5.74) is 4.09. The number of thioether (sulfide) groups is 1. The predicted molar refractivity (Wildman–Crippen MR) is 79.6 cm³/mol. The normalized spacial score (nSPS) is 11.1. The van der Waals surface area contributed by atoms with Gasteiger partial charge < -0.3 is 0 Å². The smallest absolute Gasteiger partial charge is 0.174 e. The SMILES string of the molecule is CCSc1nc(-c2ccccc2)cc2nc(C)cn12. The summed E-state index contributed by atoms with van der Waals surface area (Å²) in [4.78, 5) is 9.31. The molecule has 0 aliphatic heterocycles. The molecular formula is C15H15N3S. The summed E-state index contributed by atoms with van der Waals surface area (Å²) in [6.45, 7) is 4.15. The van der Waals surface area contributed by atoms with Crippen molar-refractivity contribution in [2.24, 2.45) is 0 Å². The molecule has 96 valence electrons. The van der Waals surface area contributed by atoms with Crippen LogP contribution in [0.3, 0.4) is 0 Å². The van der Waals surface area contributed by atoms with Crippen LogP contribution in [0.1, 0.15) is 12.6 Å². The number of fused-ring (bicyclic) bond motifs is 1. The topological polar surface area (TPSA) is 30.2 Å². The first-order valence-electron chi connectivity index (χ1n) is 6.33. The maximum atomic E-state index is 4.76. The van der Waals surface area contributed by atoms with Gasteiger partial charge in [0.1, 0.15) is 5.65 Å². The molecule has 19 heavy (non-hydrogen) atoms. The molecule has 3 nitrogen and oxygen atoms in total. The molecule has 0 saturated carbocycles. The first-order chi connectivity index (χ1) is 9.28. The molecule has 0 radical (unpaired) electrons. The van der Waals surface area contributed by atoms with Gasteiger partial charge in [-0.05, 0) is 12.7 Å². The van der Waals surface area contributed by atoms with E-state index >= 15 is 0 Å². The lowest BCUT2D eigenvalue weighted by atomic mass is 10.1. The van der Waals surface area contributed by atoms with E-state index in [1.54, 1.807) is 11.8 Å². The molecule has 0 fully saturated rings. The van der Waals surface area contributed by atoms with Gasteiger partial charge in [0.15, 0.2) is 5.16 Å². The minimum absolute atomic E-state index is 0.960. The van der Waals surface area contributed by atoms with Crippen molar-refractivity contribution in [2.45, 2.75) is 19.0 Å². The summed E-state index contributed by atoms with van der Waals surface area (Å²) < 4.78 is 2.07. The largest absolute Gasteiger partial charge is 0.278 e. The van der Waals surface area contributed by atoms with Gasteiger partial charge in [-0.25, -0.2) is 9.97 Å². The third-order valence-electron chi connectivity index (χ3n) is 2.88. The number of hydrogen-bond donors (Lipinski definition) is 0. The fraction of sp³-hybridized carbons (Fsp3) is 0.200. The third-order valence-corrected chi connectivity index (χ3v) is 3.72. The van der Waals surface area contributed by atoms with Gasteiger partial charge in [-0.2, -0.15) is 0 Å². The maximum Gasteiger partial charge on any atom is 0.174 e. The molecule has 0 aliphatic rings. The van der Waals surface area contributed by atoms with Crippen LogP contribution in [0.15, 0.2) is 47.8 Å². The van der Waals surface area contributed by atoms with Crippen LogP contribution in [-0.4, -0.2) is 20.1 Å². The van der Waals surface area contributed by atoms with Gasteiger partial charge in [0.25, 0.3) is 0 Å². The minimum atomic E-state index is 0.960. The summed E-state index contributed by atoms with van der Waals surface area (Å²) in [5.74, 6) is 0.998. The fourth-order valence-corrected chi connectivity index (χ4v) is 2.78. The molecule has 2 aromatic heterocycles. The molecule has 4 heteroatoms. The molecule has 0 aliphatic carbocycles. The van der Waals surface area contributed by atoms with E-state index in [2.05, 4.69) is 28.4 Å². The van der Waals surface area contributed by atoms with E-state index < -0.39 is 0 Å². The van der Waals surface area contributed by atoms with Gasteiger partial charge in [-0.1, -0.05) is 49.0 Å². The monoisotopic (exact) mass is 269 g/mol. The Morgan fingerprint density at radius 2 is 1.95 bits per heavy atom. The molecule has 0 bridgehead atoms. The highest BCUT2D eigenvalue weighted by Crippen LogP contribution is 2.24. The quantitative estimate of drug-likeness (QED) is 0.535. The maximum absolute atomic E-state index is 4.76. The fourth-order valence-electron chi connectivity index (χ4n) is 2.07. The Labute approximate surface area is 116 Å². The van der Waals surface area contributed by atoms with Gasteiger partial charge in [0, 0.05) is 17.8 Å². The lowest BCUT2D eigenvalue weighted by molar-refractivity contribution is 0.907. The van der Waals surface area contributed by atoms with Crippen LogP contribution in [0.25, 0.3) is 16.9 Å². The highest BCUT2D eigenvalue weighted by molar-refractivity contribution is 7.99. The molecule has 0 saturated heterocycles.